The van der Waals surface area contributed by atoms with Gasteiger partial charge in [-0.05, 0) is 36.8 Å². The van der Waals surface area contributed by atoms with Crippen molar-refractivity contribution in [1.82, 2.24) is 9.55 Å². The molecule has 2 aromatic rings. The van der Waals surface area contributed by atoms with Crippen LogP contribution in [-0.2, 0) is 0 Å². The summed E-state index contributed by atoms with van der Waals surface area (Å²) < 4.78 is 3.34. The Morgan fingerprint density at radius 1 is 1.29 bits per heavy atom. The molecule has 1 unspecified atom stereocenters. The molecule has 1 aromatic heterocycles. The minimum absolute atomic E-state index is 0.0902. The molecular weight excluding hydrogens is 300 g/mol. The van der Waals surface area contributed by atoms with Crippen LogP contribution >= 0.6 is 28.1 Å². The summed E-state index contributed by atoms with van der Waals surface area (Å²) >= 11 is 8.54. The Balaban J connectivity index is 2.43. The molecule has 0 radical (unpaired) electrons. The zero-order valence-corrected chi connectivity index (χ0v) is 11.6. The Bertz CT molecular complexity index is 630. The van der Waals surface area contributed by atoms with E-state index in [2.05, 4.69) is 20.9 Å². The van der Waals surface area contributed by atoms with E-state index in [1.54, 1.807) is 6.20 Å². The minimum atomic E-state index is -0.172. The Hall–Kier alpha value is -1.20. The molecule has 0 spiro atoms. The molecule has 1 N–H and O–H groups in total. The fraction of sp³-hybridized carbons (Fsp3) is 0.167. The number of rotatable bonds is 2. The summed E-state index contributed by atoms with van der Waals surface area (Å²) in [6.07, 6.45) is 1.72. The van der Waals surface area contributed by atoms with Gasteiger partial charge in [0.15, 0.2) is 4.77 Å². The number of benzene rings is 1. The monoisotopic (exact) mass is 310 g/mol. The van der Waals surface area contributed by atoms with Gasteiger partial charge < -0.3 is 4.57 Å². The van der Waals surface area contributed by atoms with Gasteiger partial charge in [0, 0.05) is 16.7 Å². The highest BCUT2D eigenvalue weighted by atomic mass is 79.9. The van der Waals surface area contributed by atoms with Gasteiger partial charge in [0.25, 0.3) is 5.56 Å². The van der Waals surface area contributed by atoms with Crippen molar-refractivity contribution in [3.63, 3.8) is 0 Å². The van der Waals surface area contributed by atoms with Gasteiger partial charge in [0.2, 0.25) is 0 Å². The van der Waals surface area contributed by atoms with Crippen LogP contribution in [0.2, 0.25) is 0 Å². The number of hydrogen-bond acceptors (Lipinski definition) is 2. The molecule has 1 atom stereocenters. The van der Waals surface area contributed by atoms with Crippen molar-refractivity contribution in [3.05, 3.63) is 61.7 Å². The van der Waals surface area contributed by atoms with Crippen LogP contribution in [0, 0.1) is 4.77 Å². The standard InChI is InChI=1S/C12H11BrN2OS/c1-8(9-2-4-10(13)5-3-9)15-7-6-11(16)14-12(15)17/h2-8H,1H3,(H,14,16,17). The molecule has 5 heteroatoms. The first-order valence-electron chi connectivity index (χ1n) is 5.15. The number of hydrogen-bond donors (Lipinski definition) is 1. The number of aromatic amines is 1. The molecule has 2 rings (SSSR count). The highest BCUT2D eigenvalue weighted by Gasteiger charge is 2.07. The van der Waals surface area contributed by atoms with Crippen LogP contribution in [0.5, 0.6) is 0 Å². The lowest BCUT2D eigenvalue weighted by Crippen LogP contribution is -2.14. The van der Waals surface area contributed by atoms with E-state index in [0.29, 0.717) is 4.77 Å². The van der Waals surface area contributed by atoms with Crippen LogP contribution in [-0.4, -0.2) is 9.55 Å². The van der Waals surface area contributed by atoms with Gasteiger partial charge in [-0.15, -0.1) is 0 Å². The molecule has 0 aliphatic heterocycles. The third-order valence-electron chi connectivity index (χ3n) is 2.62. The van der Waals surface area contributed by atoms with E-state index in [0.717, 1.165) is 10.0 Å². The van der Waals surface area contributed by atoms with E-state index in [-0.39, 0.29) is 11.6 Å². The largest absolute Gasteiger partial charge is 0.318 e. The Kier molecular flexibility index (Phi) is 3.59. The highest BCUT2D eigenvalue weighted by Crippen LogP contribution is 2.19. The van der Waals surface area contributed by atoms with Gasteiger partial charge in [-0.3, -0.25) is 9.78 Å². The molecule has 0 saturated heterocycles. The van der Waals surface area contributed by atoms with Crippen molar-refractivity contribution in [3.8, 4) is 0 Å². The number of aromatic nitrogens is 2. The SMILES string of the molecule is CC(c1ccc(Br)cc1)n1ccc(=O)[nH]c1=S. The van der Waals surface area contributed by atoms with Gasteiger partial charge in [-0.25, -0.2) is 0 Å². The van der Waals surface area contributed by atoms with Gasteiger partial charge >= 0.3 is 0 Å². The van der Waals surface area contributed by atoms with Crippen LogP contribution in [0.25, 0.3) is 0 Å². The van der Waals surface area contributed by atoms with Crippen molar-refractivity contribution >= 4 is 28.1 Å². The summed E-state index contributed by atoms with van der Waals surface area (Å²) in [7, 11) is 0. The lowest BCUT2D eigenvalue weighted by Gasteiger charge is -2.16. The average molecular weight is 311 g/mol. The third kappa shape index (κ3) is 2.73. The smallest absolute Gasteiger partial charge is 0.251 e. The van der Waals surface area contributed by atoms with Crippen molar-refractivity contribution in [2.24, 2.45) is 0 Å². The predicted octanol–water partition coefficient (Wildman–Crippen LogP) is 3.28. The molecule has 1 heterocycles. The number of H-pyrrole nitrogens is 1. The van der Waals surface area contributed by atoms with Crippen LogP contribution in [0.4, 0.5) is 0 Å². The van der Waals surface area contributed by atoms with Gasteiger partial charge in [0.1, 0.15) is 0 Å². The molecule has 0 amide bonds. The summed E-state index contributed by atoms with van der Waals surface area (Å²) in [5, 5.41) is 0. The van der Waals surface area contributed by atoms with Crippen LogP contribution < -0.4 is 5.56 Å². The summed E-state index contributed by atoms with van der Waals surface area (Å²) in [5.74, 6) is 0. The summed E-state index contributed by atoms with van der Waals surface area (Å²) in [4.78, 5) is 13.7. The molecule has 1 aromatic carbocycles. The molecule has 88 valence electrons. The Labute approximate surface area is 112 Å². The van der Waals surface area contributed by atoms with Crippen molar-refractivity contribution in [2.45, 2.75) is 13.0 Å². The first-order chi connectivity index (χ1) is 8.08. The van der Waals surface area contributed by atoms with E-state index >= 15 is 0 Å². The van der Waals surface area contributed by atoms with Crippen molar-refractivity contribution in [1.29, 1.82) is 0 Å². The normalized spacial score (nSPS) is 12.4. The maximum Gasteiger partial charge on any atom is 0.251 e. The first kappa shape index (κ1) is 12.3. The molecule has 3 nitrogen and oxygen atoms in total. The van der Waals surface area contributed by atoms with Crippen LogP contribution in [0.3, 0.4) is 0 Å². The van der Waals surface area contributed by atoms with Crippen LogP contribution in [0.1, 0.15) is 18.5 Å². The first-order valence-corrected chi connectivity index (χ1v) is 6.35. The maximum atomic E-state index is 11.1. The minimum Gasteiger partial charge on any atom is -0.318 e. The van der Waals surface area contributed by atoms with E-state index in [1.165, 1.54) is 6.07 Å². The molecule has 17 heavy (non-hydrogen) atoms. The second kappa shape index (κ2) is 4.98. The Morgan fingerprint density at radius 3 is 2.53 bits per heavy atom. The topological polar surface area (TPSA) is 37.8 Å². The molecule has 0 aliphatic carbocycles. The highest BCUT2D eigenvalue weighted by molar-refractivity contribution is 9.10. The predicted molar refractivity (Wildman–Crippen MR) is 73.8 cm³/mol. The number of nitrogens with zero attached hydrogens (tertiary/aromatic N) is 1. The number of halogens is 1. The van der Waals surface area contributed by atoms with Crippen LogP contribution in [0.15, 0.2) is 45.8 Å². The molecule has 0 aliphatic rings. The van der Waals surface area contributed by atoms with Gasteiger partial charge in [0.05, 0.1) is 6.04 Å². The lowest BCUT2D eigenvalue weighted by molar-refractivity contribution is 0.610. The third-order valence-corrected chi connectivity index (χ3v) is 3.46. The molecule has 0 fully saturated rings. The Morgan fingerprint density at radius 2 is 1.94 bits per heavy atom. The zero-order chi connectivity index (χ0) is 12.4. The summed E-state index contributed by atoms with van der Waals surface area (Å²) in [6, 6.07) is 9.60. The molecule has 0 bridgehead atoms. The van der Waals surface area contributed by atoms with Gasteiger partial charge in [-0.1, -0.05) is 28.1 Å². The quantitative estimate of drug-likeness (QED) is 0.864. The second-order valence-corrected chi connectivity index (χ2v) is 5.05. The van der Waals surface area contributed by atoms with E-state index in [4.69, 9.17) is 12.2 Å². The fourth-order valence-electron chi connectivity index (χ4n) is 1.63. The van der Waals surface area contributed by atoms with E-state index in [9.17, 15) is 4.79 Å². The molecule has 0 saturated carbocycles. The summed E-state index contributed by atoms with van der Waals surface area (Å²) in [6.45, 7) is 2.04. The van der Waals surface area contributed by atoms with E-state index < -0.39 is 0 Å². The molecular formula is C12H11BrN2OS. The maximum absolute atomic E-state index is 11.1. The number of nitrogens with one attached hydrogen (secondary N) is 1. The van der Waals surface area contributed by atoms with Crippen molar-refractivity contribution in [2.75, 3.05) is 0 Å². The van der Waals surface area contributed by atoms with Gasteiger partial charge in [-0.2, -0.15) is 0 Å². The second-order valence-electron chi connectivity index (χ2n) is 3.74. The average Bonchev–Trinajstić information content (AvgIpc) is 2.29. The summed E-state index contributed by atoms with van der Waals surface area (Å²) in [5.41, 5.74) is 0.964. The lowest BCUT2D eigenvalue weighted by atomic mass is 10.1. The fourth-order valence-corrected chi connectivity index (χ4v) is 2.22. The van der Waals surface area contributed by atoms with E-state index in [1.807, 2.05) is 35.8 Å². The van der Waals surface area contributed by atoms with Crippen molar-refractivity contribution < 1.29 is 0 Å². The zero-order valence-electron chi connectivity index (χ0n) is 9.18.